The number of hydrogen-bond acceptors (Lipinski definition) is 5. The molecule has 5 nitrogen and oxygen atoms in total. The van der Waals surface area contributed by atoms with Gasteiger partial charge >= 0.3 is 0 Å². The molecule has 1 N–H and O–H groups in total. The van der Waals surface area contributed by atoms with Crippen molar-refractivity contribution in [3.05, 3.63) is 50.8 Å². The van der Waals surface area contributed by atoms with Crippen molar-refractivity contribution >= 4 is 22.8 Å². The summed E-state index contributed by atoms with van der Waals surface area (Å²) < 4.78 is 0. The van der Waals surface area contributed by atoms with Crippen LogP contribution in [0.3, 0.4) is 0 Å². The zero-order valence-electron chi connectivity index (χ0n) is 9.87. The van der Waals surface area contributed by atoms with E-state index in [4.69, 9.17) is 0 Å². The van der Waals surface area contributed by atoms with Gasteiger partial charge in [-0.25, -0.2) is 4.98 Å². The van der Waals surface area contributed by atoms with E-state index in [-0.39, 0.29) is 11.7 Å². The number of aromatic nitrogens is 1. The molecule has 2 aromatic rings. The van der Waals surface area contributed by atoms with Gasteiger partial charge in [0.25, 0.3) is 5.69 Å². The number of anilines is 1. The topological polar surface area (TPSA) is 68.1 Å². The number of nitrogens with zero attached hydrogens (tertiary/aromatic N) is 2. The number of nitro groups is 1. The highest BCUT2D eigenvalue weighted by Gasteiger charge is 2.13. The molecule has 0 amide bonds. The number of pyridine rings is 1. The molecule has 6 heteroatoms. The van der Waals surface area contributed by atoms with Crippen molar-refractivity contribution in [2.45, 2.75) is 19.4 Å². The first-order valence-corrected chi connectivity index (χ1v) is 6.49. The fourth-order valence-electron chi connectivity index (χ4n) is 1.65. The van der Waals surface area contributed by atoms with E-state index in [0.29, 0.717) is 5.82 Å². The molecule has 2 aromatic heterocycles. The van der Waals surface area contributed by atoms with Crippen LogP contribution in [-0.2, 0) is 0 Å². The van der Waals surface area contributed by atoms with Gasteiger partial charge in [-0.1, -0.05) is 13.0 Å². The maximum Gasteiger partial charge on any atom is 0.274 e. The van der Waals surface area contributed by atoms with Gasteiger partial charge in [-0.05, 0) is 17.9 Å². The Morgan fingerprint density at radius 1 is 1.56 bits per heavy atom. The summed E-state index contributed by atoms with van der Waals surface area (Å²) in [4.78, 5) is 15.6. The van der Waals surface area contributed by atoms with Gasteiger partial charge in [0.05, 0.1) is 17.0 Å². The summed E-state index contributed by atoms with van der Waals surface area (Å²) >= 11 is 1.66. The lowest BCUT2D eigenvalue weighted by atomic mass is 10.2. The molecular formula is C12H13N3O2S. The molecule has 0 aliphatic heterocycles. The van der Waals surface area contributed by atoms with Crippen molar-refractivity contribution in [3.63, 3.8) is 0 Å². The smallest absolute Gasteiger partial charge is 0.274 e. The maximum absolute atomic E-state index is 10.7. The predicted octanol–water partition coefficient (Wildman–Crippen LogP) is 3.61. The van der Waals surface area contributed by atoms with Crippen LogP contribution in [0.25, 0.3) is 0 Å². The van der Waals surface area contributed by atoms with Gasteiger partial charge in [-0.2, -0.15) is 0 Å². The second-order valence-electron chi connectivity index (χ2n) is 3.78. The largest absolute Gasteiger partial charge is 0.362 e. The molecule has 94 valence electrons. The Balaban J connectivity index is 2.17. The van der Waals surface area contributed by atoms with Crippen molar-refractivity contribution in [2.75, 3.05) is 5.32 Å². The van der Waals surface area contributed by atoms with Crippen molar-refractivity contribution in [1.29, 1.82) is 0 Å². The first kappa shape index (κ1) is 12.5. The van der Waals surface area contributed by atoms with E-state index < -0.39 is 4.92 Å². The van der Waals surface area contributed by atoms with E-state index in [1.165, 1.54) is 23.2 Å². The van der Waals surface area contributed by atoms with E-state index in [0.717, 1.165) is 6.42 Å². The quantitative estimate of drug-likeness (QED) is 0.661. The first-order valence-electron chi connectivity index (χ1n) is 5.61. The van der Waals surface area contributed by atoms with Gasteiger partial charge in [0, 0.05) is 17.1 Å². The SMILES string of the molecule is CCC(Nc1cc([N+](=O)[O-])ccn1)c1cccs1. The van der Waals surface area contributed by atoms with Crippen LogP contribution >= 0.6 is 11.3 Å². The zero-order valence-corrected chi connectivity index (χ0v) is 10.7. The van der Waals surface area contributed by atoms with Gasteiger partial charge in [0.1, 0.15) is 5.82 Å². The monoisotopic (exact) mass is 263 g/mol. The minimum Gasteiger partial charge on any atom is -0.362 e. The van der Waals surface area contributed by atoms with Gasteiger partial charge in [0.15, 0.2) is 0 Å². The van der Waals surface area contributed by atoms with Crippen molar-refractivity contribution in [3.8, 4) is 0 Å². The Kier molecular flexibility index (Phi) is 3.88. The normalized spacial score (nSPS) is 12.1. The van der Waals surface area contributed by atoms with Gasteiger partial charge in [0.2, 0.25) is 0 Å². The van der Waals surface area contributed by atoms with Crippen LogP contribution in [0.5, 0.6) is 0 Å². The molecule has 0 radical (unpaired) electrons. The number of thiophene rings is 1. The minimum atomic E-state index is -0.418. The molecule has 0 saturated carbocycles. The first-order chi connectivity index (χ1) is 8.70. The van der Waals surface area contributed by atoms with Gasteiger partial charge in [-0.15, -0.1) is 11.3 Å². The lowest BCUT2D eigenvalue weighted by Crippen LogP contribution is -2.09. The van der Waals surface area contributed by atoms with Crippen molar-refractivity contribution in [2.24, 2.45) is 0 Å². The third-order valence-corrected chi connectivity index (χ3v) is 3.56. The lowest BCUT2D eigenvalue weighted by molar-refractivity contribution is -0.384. The lowest BCUT2D eigenvalue weighted by Gasteiger charge is -2.15. The minimum absolute atomic E-state index is 0.0496. The molecular weight excluding hydrogens is 250 g/mol. The molecule has 0 fully saturated rings. The van der Waals surface area contributed by atoms with E-state index in [1.807, 2.05) is 17.5 Å². The molecule has 1 unspecified atom stereocenters. The van der Waals surface area contributed by atoms with Gasteiger partial charge < -0.3 is 5.32 Å². The molecule has 0 aliphatic rings. The summed E-state index contributed by atoms with van der Waals surface area (Å²) in [7, 11) is 0. The molecule has 0 spiro atoms. The zero-order chi connectivity index (χ0) is 13.0. The summed E-state index contributed by atoms with van der Waals surface area (Å²) in [6, 6.07) is 7.02. The average Bonchev–Trinajstić information content (AvgIpc) is 2.90. The van der Waals surface area contributed by atoms with Crippen molar-refractivity contribution in [1.82, 2.24) is 4.98 Å². The molecule has 18 heavy (non-hydrogen) atoms. The van der Waals surface area contributed by atoms with Crippen LogP contribution in [0.1, 0.15) is 24.3 Å². The Labute approximate surface area is 109 Å². The summed E-state index contributed by atoms with van der Waals surface area (Å²) in [5.74, 6) is 0.532. The Morgan fingerprint density at radius 2 is 2.39 bits per heavy atom. The summed E-state index contributed by atoms with van der Waals surface area (Å²) in [5.41, 5.74) is 0.0496. The van der Waals surface area contributed by atoms with E-state index >= 15 is 0 Å². The number of nitrogens with one attached hydrogen (secondary N) is 1. The van der Waals surface area contributed by atoms with Gasteiger partial charge in [-0.3, -0.25) is 10.1 Å². The summed E-state index contributed by atoms with van der Waals surface area (Å²) in [6.07, 6.45) is 2.34. The van der Waals surface area contributed by atoms with Crippen LogP contribution in [0.4, 0.5) is 11.5 Å². The Bertz CT molecular complexity index is 528. The summed E-state index contributed by atoms with van der Waals surface area (Å²) in [5, 5.41) is 15.9. The predicted molar refractivity (Wildman–Crippen MR) is 71.9 cm³/mol. The Hall–Kier alpha value is -1.95. The van der Waals surface area contributed by atoms with Crippen LogP contribution in [-0.4, -0.2) is 9.91 Å². The molecule has 2 rings (SSSR count). The van der Waals surface area contributed by atoms with E-state index in [9.17, 15) is 10.1 Å². The maximum atomic E-state index is 10.7. The van der Waals surface area contributed by atoms with Crippen LogP contribution in [0, 0.1) is 10.1 Å². The fraction of sp³-hybridized carbons (Fsp3) is 0.250. The standard InChI is InChI=1S/C12H13N3O2S/c1-2-10(11-4-3-7-18-11)14-12-8-9(15(16)17)5-6-13-12/h3-8,10H,2H2,1H3,(H,13,14). The van der Waals surface area contributed by atoms with Crippen molar-refractivity contribution < 1.29 is 4.92 Å². The molecule has 0 bridgehead atoms. The van der Waals surface area contributed by atoms with Crippen LogP contribution in [0.2, 0.25) is 0 Å². The third kappa shape index (κ3) is 2.84. The fourth-order valence-corrected chi connectivity index (χ4v) is 2.52. The third-order valence-electron chi connectivity index (χ3n) is 2.57. The average molecular weight is 263 g/mol. The highest BCUT2D eigenvalue weighted by atomic mass is 32.1. The molecule has 0 saturated heterocycles. The van der Waals surface area contributed by atoms with Crippen LogP contribution < -0.4 is 5.32 Å². The summed E-state index contributed by atoms with van der Waals surface area (Å²) in [6.45, 7) is 2.06. The highest BCUT2D eigenvalue weighted by Crippen LogP contribution is 2.26. The molecule has 0 aliphatic carbocycles. The highest BCUT2D eigenvalue weighted by molar-refractivity contribution is 7.10. The molecule has 1 atom stereocenters. The second-order valence-corrected chi connectivity index (χ2v) is 4.76. The molecule has 2 heterocycles. The van der Waals surface area contributed by atoms with E-state index in [2.05, 4.69) is 17.2 Å². The Morgan fingerprint density at radius 3 is 3.00 bits per heavy atom. The number of hydrogen-bond donors (Lipinski definition) is 1. The number of rotatable bonds is 5. The second kappa shape index (κ2) is 5.59. The van der Waals surface area contributed by atoms with Crippen LogP contribution in [0.15, 0.2) is 35.8 Å². The molecule has 0 aromatic carbocycles. The van der Waals surface area contributed by atoms with E-state index in [1.54, 1.807) is 11.3 Å².